The molecule has 0 saturated carbocycles. The molecule has 0 spiro atoms. The van der Waals surface area contributed by atoms with Gasteiger partial charge in [0.15, 0.2) is 5.75 Å². The summed E-state index contributed by atoms with van der Waals surface area (Å²) < 4.78 is 56.6. The zero-order chi connectivity index (χ0) is 15.3. The minimum atomic E-state index is -2.99. The second-order valence-electron chi connectivity index (χ2n) is 2.91. The van der Waals surface area contributed by atoms with Gasteiger partial charge >= 0.3 is 0 Å². The van der Waals surface area contributed by atoms with Crippen molar-refractivity contribution in [3.63, 3.8) is 0 Å². The Bertz CT molecular complexity index is 667. The van der Waals surface area contributed by atoms with Crippen molar-refractivity contribution in [1.82, 2.24) is 9.78 Å². The van der Waals surface area contributed by atoms with Crippen molar-refractivity contribution in [3.8, 4) is 5.75 Å². The number of halogens is 1. The topological polar surface area (TPSA) is 53.1 Å². The van der Waals surface area contributed by atoms with E-state index < -0.39 is 19.2 Å². The van der Waals surface area contributed by atoms with Gasteiger partial charge in [-0.1, -0.05) is 0 Å². The molecule has 0 radical (unpaired) electrons. The highest BCUT2D eigenvalue weighted by Crippen LogP contribution is 2.33. The van der Waals surface area contributed by atoms with Crippen LogP contribution in [0.2, 0.25) is 0 Å². The molecule has 5 heteroatoms. The molecule has 0 fully saturated rings. The lowest BCUT2D eigenvalue weighted by atomic mass is 10.2. The van der Waals surface area contributed by atoms with Gasteiger partial charge in [0, 0.05) is 16.7 Å². The molecule has 2 N–H and O–H groups in total. The van der Waals surface area contributed by atoms with Crippen molar-refractivity contribution in [1.29, 1.82) is 0 Å². The van der Waals surface area contributed by atoms with E-state index in [1.54, 1.807) is 0 Å². The monoisotopic (exact) mass is 214 g/mol. The highest BCUT2D eigenvalue weighted by Gasteiger charge is 2.15. The summed E-state index contributed by atoms with van der Waals surface area (Å²) in [6.45, 7) is -5.82. The first-order valence-electron chi connectivity index (χ1n) is 6.61. The van der Waals surface area contributed by atoms with Crippen LogP contribution in [-0.2, 0) is 6.50 Å². The lowest BCUT2D eigenvalue weighted by Crippen LogP contribution is -2.01. The molecular weight excluding hydrogens is 197 g/mol. The van der Waals surface area contributed by atoms with Crippen LogP contribution < -0.4 is 10.5 Å². The van der Waals surface area contributed by atoms with Crippen LogP contribution in [0.5, 0.6) is 5.75 Å². The van der Waals surface area contributed by atoms with E-state index in [0.717, 1.165) is 12.3 Å². The fourth-order valence-electron chi connectivity index (χ4n) is 1.46. The molecule has 0 amide bonds. The van der Waals surface area contributed by atoms with Crippen molar-refractivity contribution in [2.45, 2.75) is 13.3 Å². The second kappa shape index (κ2) is 3.42. The van der Waals surface area contributed by atoms with Gasteiger partial charge in [0.1, 0.15) is 11.3 Å². The SMILES string of the molecule is [2H]C([2H])([2H])C([2H])([2H])n1ncc2c(F)cc(N)c(OC)c21. The van der Waals surface area contributed by atoms with E-state index in [2.05, 4.69) is 5.10 Å². The standard InChI is InChI=1S/C10H12FN3O/c1-3-14-9-6(5-13-14)7(11)4-8(12)10(9)15-2/h4-5H,3,12H2,1-2H3/i1D3,3D2. The van der Waals surface area contributed by atoms with Gasteiger partial charge in [0.05, 0.1) is 27.1 Å². The number of nitrogen functional groups attached to an aromatic ring is 1. The number of benzene rings is 1. The molecule has 80 valence electrons. The number of hydrogen-bond donors (Lipinski definition) is 1. The van der Waals surface area contributed by atoms with Crippen LogP contribution in [0.25, 0.3) is 10.9 Å². The maximum absolute atomic E-state index is 13.8. The van der Waals surface area contributed by atoms with E-state index in [1.165, 1.54) is 7.11 Å². The summed E-state index contributed by atoms with van der Waals surface area (Å²) in [5.74, 6) is -0.752. The first-order valence-corrected chi connectivity index (χ1v) is 4.11. The van der Waals surface area contributed by atoms with Crippen LogP contribution in [0.15, 0.2) is 12.3 Å². The Labute approximate surface area is 93.5 Å². The lowest BCUT2D eigenvalue weighted by Gasteiger charge is -2.08. The van der Waals surface area contributed by atoms with E-state index in [1.807, 2.05) is 0 Å². The van der Waals surface area contributed by atoms with E-state index in [-0.39, 0.29) is 22.3 Å². The molecule has 0 aliphatic rings. The Morgan fingerprint density at radius 1 is 1.80 bits per heavy atom. The van der Waals surface area contributed by atoms with Crippen LogP contribution in [-0.4, -0.2) is 16.9 Å². The lowest BCUT2D eigenvalue weighted by molar-refractivity contribution is 0.418. The Hall–Kier alpha value is -1.78. The molecule has 0 bridgehead atoms. The van der Waals surface area contributed by atoms with Gasteiger partial charge < -0.3 is 10.5 Å². The quantitative estimate of drug-likeness (QED) is 0.775. The molecule has 1 heterocycles. The number of nitrogens with zero attached hydrogens (tertiary/aromatic N) is 2. The van der Waals surface area contributed by atoms with Crippen LogP contribution in [0.3, 0.4) is 0 Å². The molecule has 4 nitrogen and oxygen atoms in total. The third kappa shape index (κ3) is 1.31. The van der Waals surface area contributed by atoms with Crippen LogP contribution >= 0.6 is 0 Å². The van der Waals surface area contributed by atoms with Gasteiger partial charge in [0.25, 0.3) is 0 Å². The predicted octanol–water partition coefficient (Wildman–Crippen LogP) is 1.79. The van der Waals surface area contributed by atoms with E-state index in [4.69, 9.17) is 17.3 Å². The summed E-state index contributed by atoms with van der Waals surface area (Å²) >= 11 is 0. The van der Waals surface area contributed by atoms with Gasteiger partial charge in [-0.15, -0.1) is 0 Å². The van der Waals surface area contributed by atoms with Crippen LogP contribution in [0, 0.1) is 5.82 Å². The number of ether oxygens (including phenoxy) is 1. The molecule has 1 aromatic carbocycles. The van der Waals surface area contributed by atoms with E-state index in [9.17, 15) is 4.39 Å². The first kappa shape index (κ1) is 5.34. The van der Waals surface area contributed by atoms with Crippen molar-refractivity contribution >= 4 is 16.6 Å². The molecule has 2 rings (SSSR count). The molecule has 0 atom stereocenters. The van der Waals surface area contributed by atoms with Gasteiger partial charge in [0.2, 0.25) is 0 Å². The normalized spacial score (nSPS) is 17.6. The number of anilines is 1. The third-order valence-corrected chi connectivity index (χ3v) is 2.10. The van der Waals surface area contributed by atoms with Crippen LogP contribution in [0.4, 0.5) is 10.1 Å². The summed E-state index contributed by atoms with van der Waals surface area (Å²) in [5, 5.41) is 3.58. The van der Waals surface area contributed by atoms with Gasteiger partial charge in [-0.25, -0.2) is 4.39 Å². The minimum absolute atomic E-state index is 0.0213. The molecule has 2 aromatic rings. The van der Waals surface area contributed by atoms with Crippen molar-refractivity contribution in [2.75, 3.05) is 12.8 Å². The van der Waals surface area contributed by atoms with Crippen LogP contribution in [0.1, 0.15) is 13.7 Å². The van der Waals surface area contributed by atoms with E-state index in [0.29, 0.717) is 4.68 Å². The number of aromatic nitrogens is 2. The summed E-state index contributed by atoms with van der Waals surface area (Å²) in [6.07, 6.45) is 1.04. The average molecular weight is 214 g/mol. The first-order chi connectivity index (χ1) is 9.11. The largest absolute Gasteiger partial charge is 0.492 e. The molecule has 0 unspecified atom stereocenters. The van der Waals surface area contributed by atoms with Gasteiger partial charge in [-0.05, 0) is 6.85 Å². The Morgan fingerprint density at radius 2 is 2.60 bits per heavy atom. The predicted molar refractivity (Wildman–Crippen MR) is 56.3 cm³/mol. The molecule has 1 aromatic heterocycles. The second-order valence-corrected chi connectivity index (χ2v) is 2.91. The van der Waals surface area contributed by atoms with Gasteiger partial charge in [-0.2, -0.15) is 5.10 Å². The van der Waals surface area contributed by atoms with Crippen molar-refractivity contribution < 1.29 is 16.0 Å². The number of aryl methyl sites for hydroxylation is 1. The highest BCUT2D eigenvalue weighted by molar-refractivity contribution is 5.90. The number of fused-ring (bicyclic) bond motifs is 1. The minimum Gasteiger partial charge on any atom is -0.492 e. The molecule has 0 aliphatic carbocycles. The Morgan fingerprint density at radius 3 is 3.27 bits per heavy atom. The number of methoxy groups -OCH3 is 1. The average Bonchev–Trinajstić information content (AvgIpc) is 2.73. The number of hydrogen-bond acceptors (Lipinski definition) is 3. The molecule has 0 saturated heterocycles. The Balaban J connectivity index is 2.87. The zero-order valence-electron chi connectivity index (χ0n) is 12.9. The highest BCUT2D eigenvalue weighted by atomic mass is 19.1. The zero-order valence-corrected chi connectivity index (χ0v) is 7.91. The summed E-state index contributed by atoms with van der Waals surface area (Å²) in [7, 11) is 1.27. The maximum atomic E-state index is 13.8. The fourth-order valence-corrected chi connectivity index (χ4v) is 1.46. The maximum Gasteiger partial charge on any atom is 0.167 e. The smallest absolute Gasteiger partial charge is 0.167 e. The molecule has 15 heavy (non-hydrogen) atoms. The fraction of sp³-hybridized carbons (Fsp3) is 0.300. The molecule has 0 aliphatic heterocycles. The van der Waals surface area contributed by atoms with Crippen molar-refractivity contribution in [2.24, 2.45) is 0 Å². The number of rotatable bonds is 2. The van der Waals surface area contributed by atoms with Crippen molar-refractivity contribution in [3.05, 3.63) is 18.1 Å². The summed E-state index contributed by atoms with van der Waals surface area (Å²) in [6, 6.07) is 1.01. The Kier molecular flexibility index (Phi) is 1.22. The molecular formula is C10H12FN3O. The third-order valence-electron chi connectivity index (χ3n) is 2.10. The van der Waals surface area contributed by atoms with Gasteiger partial charge in [-0.3, -0.25) is 4.68 Å². The summed E-state index contributed by atoms with van der Waals surface area (Å²) in [4.78, 5) is 0. The number of nitrogens with two attached hydrogens (primary N) is 1. The summed E-state index contributed by atoms with van der Waals surface area (Å²) in [5.41, 5.74) is 5.41. The van der Waals surface area contributed by atoms with E-state index >= 15 is 0 Å².